The summed E-state index contributed by atoms with van der Waals surface area (Å²) in [4.78, 5) is 9.12. The normalized spacial score (nSPS) is 10.9. The smallest absolute Gasteiger partial charge is 0.0200 e. The van der Waals surface area contributed by atoms with E-state index in [9.17, 15) is 0 Å². The molecule has 0 aliphatic heterocycles. The van der Waals surface area contributed by atoms with E-state index in [-0.39, 0.29) is 0 Å². The molecule has 0 saturated heterocycles. The van der Waals surface area contributed by atoms with E-state index in [0.29, 0.717) is 23.3 Å². The third kappa shape index (κ3) is 3.07. The van der Waals surface area contributed by atoms with Crippen LogP contribution < -0.4 is 9.97 Å². The number of hydrogen-bond acceptors (Lipinski definition) is 4. The van der Waals surface area contributed by atoms with Gasteiger partial charge in [0.1, 0.15) is 0 Å². The first-order valence-electron chi connectivity index (χ1n) is 8.83. The van der Waals surface area contributed by atoms with Gasteiger partial charge in [0.2, 0.25) is 0 Å². The fourth-order valence-electron chi connectivity index (χ4n) is 2.94. The van der Waals surface area contributed by atoms with E-state index >= 15 is 0 Å². The van der Waals surface area contributed by atoms with E-state index in [0.717, 1.165) is 22.3 Å². The molecule has 0 aliphatic rings. The van der Waals surface area contributed by atoms with E-state index in [4.69, 9.17) is 0 Å². The fraction of sp³-hybridized carbons (Fsp3) is 0. The predicted molar refractivity (Wildman–Crippen MR) is 106 cm³/mol. The van der Waals surface area contributed by atoms with Crippen LogP contribution in [-0.4, -0.2) is 20.4 Å². The first kappa shape index (κ1) is 16.1. The zero-order chi connectivity index (χ0) is 18.8. The van der Waals surface area contributed by atoms with Gasteiger partial charge in [0, 0.05) is 23.3 Å². The molecule has 6 nitrogen and oxygen atoms in total. The van der Waals surface area contributed by atoms with Crippen LogP contribution in [0.25, 0.3) is 45.6 Å². The molecule has 0 fully saturated rings. The quantitative estimate of drug-likeness (QED) is 0.483. The SMILES string of the molecule is c1ccc(-c2nnc(-c3cccc(-c4nnc(-c5ccccc5)[n-]4)c3)[n-]2)cc1. The maximum Gasteiger partial charge on any atom is 0.0200 e. The molecule has 134 valence electrons. The summed E-state index contributed by atoms with van der Waals surface area (Å²) in [5.41, 5.74) is 3.60. The molecule has 0 radical (unpaired) electrons. The molecule has 0 atom stereocenters. The second-order valence-corrected chi connectivity index (χ2v) is 6.23. The number of rotatable bonds is 4. The van der Waals surface area contributed by atoms with Gasteiger partial charge >= 0.3 is 0 Å². The lowest BCUT2D eigenvalue weighted by Crippen LogP contribution is -1.88. The van der Waals surface area contributed by atoms with Crippen molar-refractivity contribution in [1.82, 2.24) is 30.4 Å². The molecule has 0 bridgehead atoms. The Labute approximate surface area is 161 Å². The monoisotopic (exact) mass is 362 g/mol. The van der Waals surface area contributed by atoms with E-state index in [1.54, 1.807) is 0 Å². The van der Waals surface area contributed by atoms with Crippen molar-refractivity contribution in [3.8, 4) is 45.6 Å². The Kier molecular flexibility index (Phi) is 3.99. The van der Waals surface area contributed by atoms with Crippen LogP contribution in [0.2, 0.25) is 0 Å². The van der Waals surface area contributed by atoms with Gasteiger partial charge in [-0.2, -0.15) is 0 Å². The van der Waals surface area contributed by atoms with Crippen molar-refractivity contribution >= 4 is 0 Å². The van der Waals surface area contributed by atoms with E-state index in [2.05, 4.69) is 30.4 Å². The highest BCUT2D eigenvalue weighted by Gasteiger charge is 2.03. The minimum absolute atomic E-state index is 0.573. The third-order valence-corrected chi connectivity index (χ3v) is 4.35. The molecule has 0 amide bonds. The van der Waals surface area contributed by atoms with Crippen LogP contribution in [0.1, 0.15) is 0 Å². The zero-order valence-electron chi connectivity index (χ0n) is 14.8. The van der Waals surface area contributed by atoms with Crippen molar-refractivity contribution in [2.45, 2.75) is 0 Å². The Bertz CT molecular complexity index is 1120. The Morgan fingerprint density at radius 1 is 0.393 bits per heavy atom. The van der Waals surface area contributed by atoms with E-state index in [1.165, 1.54) is 0 Å². The highest BCUT2D eigenvalue weighted by atomic mass is 15.2. The van der Waals surface area contributed by atoms with Gasteiger partial charge in [0.05, 0.1) is 0 Å². The summed E-state index contributed by atoms with van der Waals surface area (Å²) in [6, 6.07) is 27.4. The van der Waals surface area contributed by atoms with Crippen LogP contribution in [0.4, 0.5) is 0 Å². The van der Waals surface area contributed by atoms with Crippen molar-refractivity contribution in [3.05, 3.63) is 84.9 Å². The van der Waals surface area contributed by atoms with Gasteiger partial charge in [-0.05, 0) is 28.3 Å². The second-order valence-electron chi connectivity index (χ2n) is 6.23. The Morgan fingerprint density at radius 2 is 0.750 bits per heavy atom. The lowest BCUT2D eigenvalue weighted by atomic mass is 10.1. The summed E-state index contributed by atoms with van der Waals surface area (Å²) in [5.74, 6) is 2.36. The minimum Gasteiger partial charge on any atom is -0.357 e. The van der Waals surface area contributed by atoms with E-state index < -0.39 is 0 Å². The highest BCUT2D eigenvalue weighted by Crippen LogP contribution is 2.24. The topological polar surface area (TPSA) is 79.8 Å². The zero-order valence-corrected chi connectivity index (χ0v) is 14.8. The molecule has 2 heterocycles. The van der Waals surface area contributed by atoms with Crippen LogP contribution >= 0.6 is 0 Å². The predicted octanol–water partition coefficient (Wildman–Crippen LogP) is 3.85. The van der Waals surface area contributed by atoms with Gasteiger partial charge in [0.15, 0.2) is 0 Å². The molecule has 0 N–H and O–H groups in total. The van der Waals surface area contributed by atoms with Crippen LogP contribution in [0.5, 0.6) is 0 Å². The van der Waals surface area contributed by atoms with Gasteiger partial charge in [-0.1, -0.05) is 78.9 Å². The summed E-state index contributed by atoms with van der Waals surface area (Å²) >= 11 is 0. The molecule has 0 spiro atoms. The van der Waals surface area contributed by atoms with E-state index in [1.807, 2.05) is 84.9 Å². The second kappa shape index (κ2) is 6.92. The van der Waals surface area contributed by atoms with Gasteiger partial charge in [-0.3, -0.25) is 0 Å². The molecule has 0 unspecified atom stereocenters. The molecule has 2 aromatic heterocycles. The van der Waals surface area contributed by atoms with Gasteiger partial charge in [-0.15, -0.1) is 0 Å². The first-order valence-corrected chi connectivity index (χ1v) is 8.83. The Balaban J connectivity index is 1.46. The maximum absolute atomic E-state index is 4.56. The molecule has 28 heavy (non-hydrogen) atoms. The third-order valence-electron chi connectivity index (χ3n) is 4.35. The van der Waals surface area contributed by atoms with Crippen LogP contribution in [0.15, 0.2) is 84.9 Å². The van der Waals surface area contributed by atoms with Crippen molar-refractivity contribution in [2.24, 2.45) is 0 Å². The number of nitrogens with zero attached hydrogens (tertiary/aromatic N) is 6. The van der Waals surface area contributed by atoms with Gasteiger partial charge in [0.25, 0.3) is 0 Å². The summed E-state index contributed by atoms with van der Waals surface area (Å²) in [5, 5.41) is 16.9. The number of hydrogen-bond donors (Lipinski definition) is 0. The number of benzene rings is 3. The molecular weight excluding hydrogens is 348 g/mol. The van der Waals surface area contributed by atoms with Crippen LogP contribution in [0.3, 0.4) is 0 Å². The van der Waals surface area contributed by atoms with Crippen molar-refractivity contribution < 1.29 is 0 Å². The fourth-order valence-corrected chi connectivity index (χ4v) is 2.94. The molecule has 5 rings (SSSR count). The lowest BCUT2D eigenvalue weighted by Gasteiger charge is -2.06. The minimum atomic E-state index is 0.573. The van der Waals surface area contributed by atoms with Crippen molar-refractivity contribution in [1.29, 1.82) is 0 Å². The van der Waals surface area contributed by atoms with Crippen molar-refractivity contribution in [3.63, 3.8) is 0 Å². The largest absolute Gasteiger partial charge is 0.357 e. The number of aromatic nitrogens is 6. The Morgan fingerprint density at radius 3 is 1.18 bits per heavy atom. The Hall–Kier alpha value is -4.06. The average Bonchev–Trinajstić information content (AvgIpc) is 3.46. The summed E-state index contributed by atoms with van der Waals surface area (Å²) in [6.45, 7) is 0. The summed E-state index contributed by atoms with van der Waals surface area (Å²) in [6.07, 6.45) is 0. The summed E-state index contributed by atoms with van der Waals surface area (Å²) < 4.78 is 0. The molecule has 3 aromatic carbocycles. The van der Waals surface area contributed by atoms with Gasteiger partial charge < -0.3 is 30.4 Å². The summed E-state index contributed by atoms with van der Waals surface area (Å²) in [7, 11) is 0. The lowest BCUT2D eigenvalue weighted by molar-refractivity contribution is 1.10. The molecule has 0 aliphatic carbocycles. The highest BCUT2D eigenvalue weighted by molar-refractivity contribution is 5.68. The van der Waals surface area contributed by atoms with Crippen LogP contribution in [-0.2, 0) is 0 Å². The molecular formula is C22H14N6-2. The first-order chi connectivity index (χ1) is 13.9. The maximum atomic E-state index is 4.56. The van der Waals surface area contributed by atoms with Crippen LogP contribution in [0, 0.1) is 0 Å². The van der Waals surface area contributed by atoms with Gasteiger partial charge in [-0.25, -0.2) is 0 Å². The molecule has 5 aromatic rings. The average molecular weight is 362 g/mol. The molecule has 0 saturated carbocycles. The molecule has 6 heteroatoms. The van der Waals surface area contributed by atoms with Crippen molar-refractivity contribution in [2.75, 3.05) is 0 Å². The standard InChI is InChI=1S/C22H14N6/c1-3-8-15(9-4-1)19-23-21(27-25-19)17-12-7-13-18(14-17)22-24-20(26-28-22)16-10-5-2-6-11-16/h1-14H/q-2.